The molecule has 1 aromatic carbocycles. The predicted octanol–water partition coefficient (Wildman–Crippen LogP) is 0.651. The third kappa shape index (κ3) is 1.75. The van der Waals surface area contributed by atoms with Crippen molar-refractivity contribution in [2.45, 2.75) is 19.0 Å². The second-order valence-electron chi connectivity index (χ2n) is 5.09. The highest BCUT2D eigenvalue weighted by Gasteiger charge is 2.42. The van der Waals surface area contributed by atoms with E-state index in [2.05, 4.69) is 10.6 Å². The van der Waals surface area contributed by atoms with Gasteiger partial charge in [-0.15, -0.1) is 0 Å². The monoisotopic (exact) mass is 275 g/mol. The summed E-state index contributed by atoms with van der Waals surface area (Å²) in [6, 6.07) is 4.03. The van der Waals surface area contributed by atoms with E-state index in [4.69, 9.17) is 0 Å². The second kappa shape index (κ2) is 3.89. The van der Waals surface area contributed by atoms with Gasteiger partial charge in [-0.3, -0.25) is 10.1 Å². The highest BCUT2D eigenvalue weighted by atomic mass is 16.3. The van der Waals surface area contributed by atoms with E-state index >= 15 is 0 Å². The largest absolute Gasteiger partial charge is 0.508 e. The van der Waals surface area contributed by atoms with Crippen molar-refractivity contribution >= 4 is 22.7 Å². The smallest absolute Gasteiger partial charge is 0.322 e. The molecule has 0 bridgehead atoms. The van der Waals surface area contributed by atoms with Crippen LogP contribution in [-0.2, 0) is 11.3 Å². The van der Waals surface area contributed by atoms with Crippen LogP contribution in [0.4, 0.5) is 4.79 Å². The van der Waals surface area contributed by atoms with Gasteiger partial charge in [-0.05, 0) is 25.1 Å². The van der Waals surface area contributed by atoms with Crippen LogP contribution in [0.25, 0.3) is 10.8 Å². The van der Waals surface area contributed by atoms with Crippen molar-refractivity contribution in [1.82, 2.24) is 15.2 Å². The summed E-state index contributed by atoms with van der Waals surface area (Å²) in [6.45, 7) is 1.67. The maximum atomic E-state index is 11.8. The van der Waals surface area contributed by atoms with Crippen molar-refractivity contribution in [2.75, 3.05) is 0 Å². The van der Waals surface area contributed by atoms with Gasteiger partial charge in [-0.2, -0.15) is 0 Å². The summed E-state index contributed by atoms with van der Waals surface area (Å²) in [7, 11) is 0. The number of imide groups is 1. The van der Waals surface area contributed by atoms with Crippen molar-refractivity contribution in [2.24, 2.45) is 0 Å². The molecule has 7 heteroatoms. The zero-order valence-corrected chi connectivity index (χ0v) is 10.7. The number of fused-ring (bicyclic) bond motifs is 1. The van der Waals surface area contributed by atoms with Gasteiger partial charge in [0.05, 0.1) is 6.54 Å². The molecule has 2 heterocycles. The van der Waals surface area contributed by atoms with Gasteiger partial charge in [0.15, 0.2) is 5.88 Å². The number of benzene rings is 1. The van der Waals surface area contributed by atoms with Gasteiger partial charge < -0.3 is 20.1 Å². The number of amides is 3. The molecule has 1 saturated heterocycles. The average molecular weight is 275 g/mol. The highest BCUT2D eigenvalue weighted by molar-refractivity contribution is 6.06. The Hall–Kier alpha value is -2.70. The third-order valence-corrected chi connectivity index (χ3v) is 3.45. The van der Waals surface area contributed by atoms with E-state index in [1.807, 2.05) is 0 Å². The van der Waals surface area contributed by atoms with E-state index in [1.54, 1.807) is 19.2 Å². The van der Waals surface area contributed by atoms with Crippen LogP contribution < -0.4 is 10.6 Å². The number of carbonyl (C=O) groups is 2. The van der Waals surface area contributed by atoms with Crippen LogP contribution in [0.3, 0.4) is 0 Å². The highest BCUT2D eigenvalue weighted by Crippen LogP contribution is 2.31. The van der Waals surface area contributed by atoms with Crippen molar-refractivity contribution in [1.29, 1.82) is 0 Å². The first-order valence-electron chi connectivity index (χ1n) is 6.03. The van der Waals surface area contributed by atoms with Crippen LogP contribution in [-0.4, -0.2) is 32.3 Å². The van der Waals surface area contributed by atoms with E-state index < -0.39 is 17.5 Å². The van der Waals surface area contributed by atoms with E-state index in [0.717, 1.165) is 0 Å². The summed E-state index contributed by atoms with van der Waals surface area (Å²) in [5.41, 5.74) is -1.12. The van der Waals surface area contributed by atoms with Crippen LogP contribution in [0.2, 0.25) is 0 Å². The molecular formula is C13H13N3O4. The molecule has 0 aliphatic carbocycles. The number of phenolic OH excluding ortho intramolecular Hbond substituents is 1. The minimum absolute atomic E-state index is 0.0184. The molecule has 1 aliphatic heterocycles. The van der Waals surface area contributed by atoms with Crippen LogP contribution in [0.5, 0.6) is 11.6 Å². The standard InChI is InChI=1S/C13H13N3O4/c1-13(11(19)14-12(20)15-13)6-16-5-7-4-8(17)2-3-9(7)10(16)18/h2-5,17-18H,6H2,1H3,(H2,14,15,19,20). The molecule has 1 aliphatic rings. The zero-order chi connectivity index (χ0) is 14.5. The molecule has 1 unspecified atom stereocenters. The molecule has 2 aromatic rings. The molecular weight excluding hydrogens is 262 g/mol. The van der Waals surface area contributed by atoms with Gasteiger partial charge in [0.1, 0.15) is 11.3 Å². The van der Waals surface area contributed by atoms with Gasteiger partial charge in [-0.25, -0.2) is 4.79 Å². The maximum absolute atomic E-state index is 11.8. The quantitative estimate of drug-likeness (QED) is 0.604. The van der Waals surface area contributed by atoms with E-state index in [9.17, 15) is 19.8 Å². The Bertz CT molecular complexity index is 737. The number of rotatable bonds is 2. The zero-order valence-electron chi connectivity index (χ0n) is 10.7. The third-order valence-electron chi connectivity index (χ3n) is 3.45. The molecule has 0 spiro atoms. The Kier molecular flexibility index (Phi) is 2.40. The average Bonchev–Trinajstić information content (AvgIpc) is 2.77. The lowest BCUT2D eigenvalue weighted by Gasteiger charge is -2.21. The fourth-order valence-corrected chi connectivity index (χ4v) is 2.40. The number of aromatic hydroxyl groups is 2. The molecule has 3 rings (SSSR count). The summed E-state index contributed by atoms with van der Waals surface area (Å²) >= 11 is 0. The number of hydrogen-bond donors (Lipinski definition) is 4. The maximum Gasteiger partial charge on any atom is 0.322 e. The molecule has 0 radical (unpaired) electrons. The SMILES string of the molecule is CC1(Cn2cc3cc(O)ccc3c2O)NC(=O)NC1=O. The number of nitrogens with zero attached hydrogens (tertiary/aromatic N) is 1. The molecule has 104 valence electrons. The van der Waals surface area contributed by atoms with E-state index in [0.29, 0.717) is 10.8 Å². The Labute approximate surface area is 113 Å². The Morgan fingerprint density at radius 2 is 2.05 bits per heavy atom. The molecule has 20 heavy (non-hydrogen) atoms. The summed E-state index contributed by atoms with van der Waals surface area (Å²) < 4.78 is 1.47. The Morgan fingerprint density at radius 3 is 2.70 bits per heavy atom. The second-order valence-corrected chi connectivity index (χ2v) is 5.09. The molecule has 1 aromatic heterocycles. The molecule has 7 nitrogen and oxygen atoms in total. The van der Waals surface area contributed by atoms with E-state index in [1.165, 1.54) is 16.7 Å². The number of aromatic nitrogens is 1. The van der Waals surface area contributed by atoms with Crippen LogP contribution in [0.15, 0.2) is 24.4 Å². The van der Waals surface area contributed by atoms with Gasteiger partial charge in [-0.1, -0.05) is 0 Å². The number of carbonyl (C=O) groups excluding carboxylic acids is 2. The van der Waals surface area contributed by atoms with Gasteiger partial charge in [0, 0.05) is 17.0 Å². The van der Waals surface area contributed by atoms with Crippen molar-refractivity contribution < 1.29 is 19.8 Å². The van der Waals surface area contributed by atoms with Crippen molar-refractivity contribution in [3.05, 3.63) is 24.4 Å². The fraction of sp³-hybridized carbons (Fsp3) is 0.231. The predicted molar refractivity (Wildman–Crippen MR) is 70.3 cm³/mol. The lowest BCUT2D eigenvalue weighted by Crippen LogP contribution is -2.47. The molecule has 1 fully saturated rings. The molecule has 1 atom stereocenters. The van der Waals surface area contributed by atoms with Crippen LogP contribution in [0.1, 0.15) is 6.92 Å². The van der Waals surface area contributed by atoms with Gasteiger partial charge in [0.2, 0.25) is 0 Å². The number of urea groups is 1. The first-order valence-corrected chi connectivity index (χ1v) is 6.03. The Morgan fingerprint density at radius 1 is 1.30 bits per heavy atom. The van der Waals surface area contributed by atoms with Crippen molar-refractivity contribution in [3.8, 4) is 11.6 Å². The van der Waals surface area contributed by atoms with Crippen LogP contribution in [0, 0.1) is 0 Å². The van der Waals surface area contributed by atoms with Gasteiger partial charge >= 0.3 is 6.03 Å². The summed E-state index contributed by atoms with van der Waals surface area (Å²) in [6.07, 6.45) is 1.62. The topological polar surface area (TPSA) is 104 Å². The fourth-order valence-electron chi connectivity index (χ4n) is 2.40. The lowest BCUT2D eigenvalue weighted by molar-refractivity contribution is -0.123. The Balaban J connectivity index is 2.01. The minimum Gasteiger partial charge on any atom is -0.508 e. The number of phenols is 1. The molecule has 4 N–H and O–H groups in total. The minimum atomic E-state index is -1.12. The number of nitrogens with one attached hydrogen (secondary N) is 2. The van der Waals surface area contributed by atoms with E-state index in [-0.39, 0.29) is 18.2 Å². The summed E-state index contributed by atoms with van der Waals surface area (Å²) in [5.74, 6) is -0.370. The first-order chi connectivity index (χ1) is 9.39. The summed E-state index contributed by atoms with van der Waals surface area (Å²) in [5, 5.41) is 25.5. The molecule has 3 amide bonds. The number of hydrogen-bond acceptors (Lipinski definition) is 4. The van der Waals surface area contributed by atoms with Crippen LogP contribution >= 0.6 is 0 Å². The first kappa shape index (κ1) is 12.3. The van der Waals surface area contributed by atoms with Gasteiger partial charge in [0.25, 0.3) is 5.91 Å². The normalized spacial score (nSPS) is 22.1. The molecule has 0 saturated carbocycles. The summed E-state index contributed by atoms with van der Waals surface area (Å²) in [4.78, 5) is 23.0. The lowest BCUT2D eigenvalue weighted by atomic mass is 10.0. The van der Waals surface area contributed by atoms with Crippen molar-refractivity contribution in [3.63, 3.8) is 0 Å².